The van der Waals surface area contributed by atoms with Gasteiger partial charge in [0.25, 0.3) is 5.91 Å². The van der Waals surface area contributed by atoms with E-state index in [0.717, 1.165) is 28.2 Å². The number of carbonyl (C=O) groups excluding carboxylic acids is 2. The quantitative estimate of drug-likeness (QED) is 0.640. The van der Waals surface area contributed by atoms with E-state index in [1.807, 2.05) is 49.4 Å². The zero-order valence-electron chi connectivity index (χ0n) is 15.5. The van der Waals surface area contributed by atoms with E-state index in [9.17, 15) is 9.59 Å². The van der Waals surface area contributed by atoms with Gasteiger partial charge < -0.3 is 10.6 Å². The molecular weight excluding hydrogens is 354 g/mol. The maximum absolute atomic E-state index is 12.6. The van der Waals surface area contributed by atoms with Crippen LogP contribution in [0, 0.1) is 6.92 Å². The van der Waals surface area contributed by atoms with Gasteiger partial charge in [0.15, 0.2) is 0 Å². The summed E-state index contributed by atoms with van der Waals surface area (Å²) >= 11 is 0. The van der Waals surface area contributed by atoms with Crippen LogP contribution in [0.5, 0.6) is 0 Å². The van der Waals surface area contributed by atoms with Crippen molar-refractivity contribution in [2.24, 2.45) is 0 Å². The Labute approximate surface area is 162 Å². The third-order valence-corrected chi connectivity index (χ3v) is 4.76. The van der Waals surface area contributed by atoms with E-state index in [1.165, 1.54) is 0 Å². The van der Waals surface area contributed by atoms with Gasteiger partial charge in [-0.15, -0.1) is 0 Å². The molecule has 3 aromatic rings. The number of aromatic amines is 1. The molecule has 0 radical (unpaired) electrons. The first-order valence-electron chi connectivity index (χ1n) is 9.16. The van der Waals surface area contributed by atoms with E-state index in [2.05, 4.69) is 20.8 Å². The number of aromatic nitrogens is 2. The molecule has 0 saturated carbocycles. The van der Waals surface area contributed by atoms with Gasteiger partial charge in [-0.05, 0) is 30.7 Å². The largest absolute Gasteiger partial charge is 0.346 e. The predicted molar refractivity (Wildman–Crippen MR) is 107 cm³/mol. The summed E-state index contributed by atoms with van der Waals surface area (Å²) in [5, 5.41) is 12.9. The number of nitrogens with one attached hydrogen (secondary N) is 3. The molecule has 2 heterocycles. The Bertz CT molecular complexity index is 1010. The second kappa shape index (κ2) is 7.56. The molecule has 1 aliphatic heterocycles. The van der Waals surface area contributed by atoms with Gasteiger partial charge in [-0.3, -0.25) is 14.8 Å². The lowest BCUT2D eigenvalue weighted by atomic mass is 10.1. The van der Waals surface area contributed by atoms with Gasteiger partial charge in [0, 0.05) is 29.9 Å². The number of rotatable bonds is 5. The zero-order chi connectivity index (χ0) is 19.5. The molecule has 3 amide bonds. The first-order chi connectivity index (χ1) is 13.6. The first-order valence-corrected chi connectivity index (χ1v) is 9.16. The van der Waals surface area contributed by atoms with Gasteiger partial charge in [0.05, 0.1) is 17.9 Å². The number of anilines is 1. The highest BCUT2D eigenvalue weighted by Crippen LogP contribution is 2.23. The summed E-state index contributed by atoms with van der Waals surface area (Å²) in [7, 11) is 0. The van der Waals surface area contributed by atoms with Crippen molar-refractivity contribution >= 4 is 17.6 Å². The fourth-order valence-corrected chi connectivity index (χ4v) is 3.23. The molecule has 142 valence electrons. The van der Waals surface area contributed by atoms with Crippen LogP contribution >= 0.6 is 0 Å². The van der Waals surface area contributed by atoms with Crippen LogP contribution in [0.2, 0.25) is 0 Å². The molecule has 2 aromatic carbocycles. The molecule has 1 aromatic heterocycles. The summed E-state index contributed by atoms with van der Waals surface area (Å²) in [5.41, 5.74) is 4.90. The van der Waals surface area contributed by atoms with Crippen LogP contribution < -0.4 is 15.5 Å². The average Bonchev–Trinajstić information content (AvgIpc) is 3.36. The number of nitrogens with zero attached hydrogens (tertiary/aromatic N) is 2. The van der Waals surface area contributed by atoms with E-state index in [0.29, 0.717) is 25.2 Å². The summed E-state index contributed by atoms with van der Waals surface area (Å²) < 4.78 is 0. The lowest BCUT2D eigenvalue weighted by Crippen LogP contribution is -2.29. The number of amides is 3. The lowest BCUT2D eigenvalue weighted by molar-refractivity contribution is 0.0950. The van der Waals surface area contributed by atoms with E-state index < -0.39 is 0 Å². The van der Waals surface area contributed by atoms with Crippen molar-refractivity contribution in [1.29, 1.82) is 0 Å². The minimum atomic E-state index is -0.197. The van der Waals surface area contributed by atoms with Crippen LogP contribution in [0.3, 0.4) is 0 Å². The van der Waals surface area contributed by atoms with E-state index in [1.54, 1.807) is 17.0 Å². The van der Waals surface area contributed by atoms with Crippen molar-refractivity contribution in [3.63, 3.8) is 0 Å². The second-order valence-corrected chi connectivity index (χ2v) is 6.71. The molecule has 0 atom stereocenters. The Morgan fingerprint density at radius 2 is 2.00 bits per heavy atom. The van der Waals surface area contributed by atoms with Crippen LogP contribution in [-0.4, -0.2) is 35.2 Å². The number of aryl methyl sites for hydroxylation is 1. The number of hydrogen-bond donors (Lipinski definition) is 3. The van der Waals surface area contributed by atoms with Crippen LogP contribution in [0.1, 0.15) is 21.6 Å². The summed E-state index contributed by atoms with van der Waals surface area (Å²) in [6.07, 6.45) is 0. The summed E-state index contributed by atoms with van der Waals surface area (Å²) in [6.45, 7) is 3.48. The number of H-pyrrole nitrogens is 1. The SMILES string of the molecule is Cc1ccc(C(=O)NCc2cc(-c3ccccc3)n[nH]2)cc1N1CCNC1=O. The zero-order valence-corrected chi connectivity index (χ0v) is 15.5. The maximum atomic E-state index is 12.6. The fraction of sp³-hybridized carbons (Fsp3) is 0.190. The average molecular weight is 375 g/mol. The topological polar surface area (TPSA) is 90.1 Å². The molecule has 1 fully saturated rings. The molecule has 0 spiro atoms. The highest BCUT2D eigenvalue weighted by atomic mass is 16.2. The van der Waals surface area contributed by atoms with Gasteiger partial charge in [-0.2, -0.15) is 5.10 Å². The van der Waals surface area contributed by atoms with Gasteiger partial charge >= 0.3 is 6.03 Å². The maximum Gasteiger partial charge on any atom is 0.322 e. The lowest BCUT2D eigenvalue weighted by Gasteiger charge is -2.18. The number of hydrogen-bond acceptors (Lipinski definition) is 3. The van der Waals surface area contributed by atoms with Crippen molar-refractivity contribution in [1.82, 2.24) is 20.8 Å². The highest BCUT2D eigenvalue weighted by Gasteiger charge is 2.23. The van der Waals surface area contributed by atoms with Crippen molar-refractivity contribution in [3.8, 4) is 11.3 Å². The summed E-state index contributed by atoms with van der Waals surface area (Å²) in [6, 6.07) is 17.0. The Morgan fingerprint density at radius 3 is 2.75 bits per heavy atom. The van der Waals surface area contributed by atoms with Gasteiger partial charge in [0.1, 0.15) is 0 Å². The predicted octanol–water partition coefficient (Wildman–Crippen LogP) is 2.84. The monoisotopic (exact) mass is 375 g/mol. The van der Waals surface area contributed by atoms with Crippen LogP contribution in [0.4, 0.5) is 10.5 Å². The third kappa shape index (κ3) is 3.59. The number of benzene rings is 2. The van der Waals surface area contributed by atoms with Gasteiger partial charge in [0.2, 0.25) is 0 Å². The Morgan fingerprint density at radius 1 is 1.18 bits per heavy atom. The molecule has 3 N–H and O–H groups in total. The Hall–Kier alpha value is -3.61. The van der Waals surface area contributed by atoms with E-state index in [-0.39, 0.29) is 11.9 Å². The van der Waals surface area contributed by atoms with Crippen molar-refractivity contribution in [2.75, 3.05) is 18.0 Å². The molecule has 1 aliphatic rings. The molecule has 28 heavy (non-hydrogen) atoms. The van der Waals surface area contributed by atoms with E-state index in [4.69, 9.17) is 0 Å². The molecular formula is C21H21N5O2. The molecule has 0 unspecified atom stereocenters. The van der Waals surface area contributed by atoms with Crippen LogP contribution in [0.25, 0.3) is 11.3 Å². The molecule has 7 heteroatoms. The van der Waals surface area contributed by atoms with Crippen molar-refractivity contribution < 1.29 is 9.59 Å². The van der Waals surface area contributed by atoms with E-state index >= 15 is 0 Å². The van der Waals surface area contributed by atoms with Crippen LogP contribution in [0.15, 0.2) is 54.6 Å². The first kappa shape index (κ1) is 17.8. The molecule has 4 rings (SSSR count). The van der Waals surface area contributed by atoms with Crippen molar-refractivity contribution in [2.45, 2.75) is 13.5 Å². The number of carbonyl (C=O) groups is 2. The molecule has 0 aliphatic carbocycles. The standard InChI is InChI=1S/C21H21N5O2/c1-14-7-8-16(11-19(14)26-10-9-22-21(26)28)20(27)23-13-17-12-18(25-24-17)15-5-3-2-4-6-15/h2-8,11-12H,9-10,13H2,1H3,(H,22,28)(H,23,27)(H,24,25). The third-order valence-electron chi connectivity index (χ3n) is 4.76. The normalized spacial score (nSPS) is 13.5. The Balaban J connectivity index is 1.44. The minimum absolute atomic E-state index is 0.133. The summed E-state index contributed by atoms with van der Waals surface area (Å²) in [4.78, 5) is 26.2. The number of urea groups is 1. The highest BCUT2D eigenvalue weighted by molar-refractivity contribution is 5.99. The van der Waals surface area contributed by atoms with Gasteiger partial charge in [-0.1, -0.05) is 36.4 Å². The molecule has 1 saturated heterocycles. The molecule has 0 bridgehead atoms. The smallest absolute Gasteiger partial charge is 0.322 e. The Kier molecular flexibility index (Phi) is 4.80. The summed E-state index contributed by atoms with van der Waals surface area (Å²) in [5.74, 6) is -0.197. The van der Waals surface area contributed by atoms with Crippen LogP contribution in [-0.2, 0) is 6.54 Å². The molecule has 7 nitrogen and oxygen atoms in total. The second-order valence-electron chi connectivity index (χ2n) is 6.71. The fourth-order valence-electron chi connectivity index (χ4n) is 3.23. The van der Waals surface area contributed by atoms with Gasteiger partial charge in [-0.25, -0.2) is 4.79 Å². The van der Waals surface area contributed by atoms with Crippen molar-refractivity contribution in [3.05, 3.63) is 71.4 Å². The minimum Gasteiger partial charge on any atom is -0.346 e.